The average Bonchev–Trinajstić information content (AvgIpc) is 3.32. The number of halogens is 1. The van der Waals surface area contributed by atoms with Crippen LogP contribution < -0.4 is 10.1 Å². The number of amides is 1. The van der Waals surface area contributed by atoms with Crippen LogP contribution >= 0.6 is 15.9 Å². The Kier molecular flexibility index (Phi) is 6.65. The molecule has 0 spiro atoms. The van der Waals surface area contributed by atoms with Gasteiger partial charge < -0.3 is 14.6 Å². The molecular weight excluding hydrogens is 484 g/mol. The van der Waals surface area contributed by atoms with E-state index < -0.39 is 5.91 Å². The Hall–Kier alpha value is -3.39. The number of nitrogens with one attached hydrogen (secondary N) is 1. The van der Waals surface area contributed by atoms with Gasteiger partial charge in [-0.1, -0.05) is 47.1 Å². The van der Waals surface area contributed by atoms with Gasteiger partial charge in [0.1, 0.15) is 18.1 Å². The molecule has 7 nitrogen and oxygen atoms in total. The molecule has 2 aromatic heterocycles. The first-order chi connectivity index (χ1) is 15.8. The maximum atomic E-state index is 13.0. The van der Waals surface area contributed by atoms with Gasteiger partial charge in [0.2, 0.25) is 0 Å². The van der Waals surface area contributed by atoms with Crippen LogP contribution in [-0.4, -0.2) is 20.8 Å². The summed E-state index contributed by atoms with van der Waals surface area (Å²) in [6.07, 6.45) is 1.83. The number of hydrogen-bond acceptors (Lipinski definition) is 5. The van der Waals surface area contributed by atoms with Gasteiger partial charge in [0.25, 0.3) is 5.91 Å². The molecule has 2 aromatic carbocycles. The van der Waals surface area contributed by atoms with Crippen molar-refractivity contribution in [1.29, 1.82) is 0 Å². The minimum absolute atomic E-state index is 0.172. The van der Waals surface area contributed by atoms with Crippen LogP contribution in [0.5, 0.6) is 5.75 Å². The topological polar surface area (TPSA) is 82.2 Å². The molecule has 0 aliphatic heterocycles. The Bertz CT molecular complexity index is 1290. The summed E-state index contributed by atoms with van der Waals surface area (Å²) in [7, 11) is 0. The number of rotatable bonds is 7. The molecular formula is C25H25BrN4O3. The molecule has 0 aliphatic carbocycles. The number of hydrogen-bond donors (Lipinski definition) is 1. The minimum Gasteiger partial charge on any atom is -0.488 e. The number of aryl methyl sites for hydroxylation is 4. The zero-order chi connectivity index (χ0) is 23.5. The molecule has 2 heterocycles. The quantitative estimate of drug-likeness (QED) is 0.343. The molecule has 1 N–H and O–H groups in total. The molecule has 1 amide bonds. The average molecular weight is 509 g/mol. The molecule has 0 atom stereocenters. The van der Waals surface area contributed by atoms with E-state index in [1.165, 1.54) is 5.56 Å². The summed E-state index contributed by atoms with van der Waals surface area (Å²) >= 11 is 3.48. The first-order valence-electron chi connectivity index (χ1n) is 10.5. The number of benzene rings is 2. The molecule has 4 rings (SSSR count). The van der Waals surface area contributed by atoms with Crippen molar-refractivity contribution in [3.05, 3.63) is 92.4 Å². The predicted octanol–water partition coefficient (Wildman–Crippen LogP) is 5.75. The molecule has 0 fully saturated rings. The zero-order valence-corrected chi connectivity index (χ0v) is 20.6. The summed E-state index contributed by atoms with van der Waals surface area (Å²) in [6.45, 7) is 8.56. The van der Waals surface area contributed by atoms with E-state index in [0.717, 1.165) is 22.4 Å². The molecule has 0 aliphatic rings. The maximum absolute atomic E-state index is 13.0. The third-order valence-corrected chi connectivity index (χ3v) is 5.91. The second kappa shape index (κ2) is 9.62. The van der Waals surface area contributed by atoms with Crippen LogP contribution in [0.3, 0.4) is 0 Å². The van der Waals surface area contributed by atoms with Gasteiger partial charge >= 0.3 is 0 Å². The Morgan fingerprint density at radius 3 is 2.58 bits per heavy atom. The van der Waals surface area contributed by atoms with Gasteiger partial charge in [0.05, 0.1) is 16.6 Å². The van der Waals surface area contributed by atoms with Crippen molar-refractivity contribution in [1.82, 2.24) is 14.9 Å². The lowest BCUT2D eigenvalue weighted by Gasteiger charge is -2.10. The van der Waals surface area contributed by atoms with Crippen LogP contribution in [0.2, 0.25) is 0 Å². The number of anilines is 1. The van der Waals surface area contributed by atoms with E-state index >= 15 is 0 Å². The van der Waals surface area contributed by atoms with Crippen LogP contribution in [-0.2, 0) is 13.2 Å². The van der Waals surface area contributed by atoms with E-state index in [-0.39, 0.29) is 12.3 Å². The number of aromatic nitrogens is 3. The first kappa shape index (κ1) is 22.8. The van der Waals surface area contributed by atoms with Crippen LogP contribution in [0.1, 0.15) is 44.1 Å². The molecule has 0 saturated carbocycles. The maximum Gasteiger partial charge on any atom is 0.279 e. The van der Waals surface area contributed by atoms with Gasteiger partial charge in [-0.3, -0.25) is 9.48 Å². The van der Waals surface area contributed by atoms with Crippen molar-refractivity contribution in [2.24, 2.45) is 0 Å². The normalized spacial score (nSPS) is 10.9. The van der Waals surface area contributed by atoms with E-state index in [4.69, 9.17) is 9.26 Å². The van der Waals surface area contributed by atoms with Crippen LogP contribution in [0.15, 0.2) is 57.7 Å². The smallest absolute Gasteiger partial charge is 0.279 e. The van der Waals surface area contributed by atoms with E-state index in [0.29, 0.717) is 28.2 Å². The fourth-order valence-electron chi connectivity index (χ4n) is 3.36. The van der Waals surface area contributed by atoms with Gasteiger partial charge in [-0.2, -0.15) is 5.10 Å². The zero-order valence-electron chi connectivity index (χ0n) is 19.0. The van der Waals surface area contributed by atoms with Gasteiger partial charge in [-0.15, -0.1) is 0 Å². The lowest BCUT2D eigenvalue weighted by Crippen LogP contribution is -2.16. The molecule has 33 heavy (non-hydrogen) atoms. The van der Waals surface area contributed by atoms with Crippen LogP contribution in [0.4, 0.5) is 5.82 Å². The highest BCUT2D eigenvalue weighted by Crippen LogP contribution is 2.25. The highest BCUT2D eigenvalue weighted by molar-refractivity contribution is 9.10. The molecule has 0 unspecified atom stereocenters. The Labute approximate surface area is 200 Å². The van der Waals surface area contributed by atoms with Crippen LogP contribution in [0, 0.1) is 27.7 Å². The number of carbonyl (C=O) groups excluding carboxylic acids is 1. The second-order valence-electron chi connectivity index (χ2n) is 8.09. The van der Waals surface area contributed by atoms with E-state index in [1.807, 2.05) is 38.2 Å². The second-order valence-corrected chi connectivity index (χ2v) is 8.94. The molecule has 0 bridgehead atoms. The van der Waals surface area contributed by atoms with Gasteiger partial charge in [-0.25, -0.2) is 0 Å². The highest BCUT2D eigenvalue weighted by atomic mass is 79.9. The summed E-state index contributed by atoms with van der Waals surface area (Å²) in [5, 5.41) is 11.3. The fraction of sp³-hybridized carbons (Fsp3) is 0.240. The highest BCUT2D eigenvalue weighted by Gasteiger charge is 2.22. The van der Waals surface area contributed by atoms with Crippen LogP contribution in [0.25, 0.3) is 0 Å². The molecule has 8 heteroatoms. The third-order valence-electron chi connectivity index (χ3n) is 5.33. The van der Waals surface area contributed by atoms with Crippen molar-refractivity contribution in [3.8, 4) is 5.75 Å². The summed E-state index contributed by atoms with van der Waals surface area (Å²) in [5.41, 5.74) is 5.21. The molecule has 0 saturated heterocycles. The number of nitrogens with zero attached hydrogens (tertiary/aromatic N) is 3. The van der Waals surface area contributed by atoms with E-state index in [1.54, 1.807) is 11.6 Å². The van der Waals surface area contributed by atoms with Crippen molar-refractivity contribution in [2.45, 2.75) is 40.8 Å². The van der Waals surface area contributed by atoms with E-state index in [2.05, 4.69) is 62.7 Å². The molecule has 170 valence electrons. The van der Waals surface area contributed by atoms with Crippen molar-refractivity contribution in [2.75, 3.05) is 5.32 Å². The summed E-state index contributed by atoms with van der Waals surface area (Å²) in [5.74, 6) is 1.30. The van der Waals surface area contributed by atoms with Gasteiger partial charge in [0, 0.05) is 6.20 Å². The monoisotopic (exact) mass is 508 g/mol. The van der Waals surface area contributed by atoms with Crippen molar-refractivity contribution in [3.63, 3.8) is 0 Å². The molecule has 0 radical (unpaired) electrons. The number of ether oxygens (including phenoxy) is 1. The fourth-order valence-corrected chi connectivity index (χ4v) is 3.78. The van der Waals surface area contributed by atoms with Gasteiger partial charge in [-0.05, 0) is 66.4 Å². The molecule has 4 aromatic rings. The van der Waals surface area contributed by atoms with Crippen molar-refractivity contribution >= 4 is 27.7 Å². The van der Waals surface area contributed by atoms with Gasteiger partial charge in [0.15, 0.2) is 11.5 Å². The Morgan fingerprint density at radius 2 is 1.82 bits per heavy atom. The van der Waals surface area contributed by atoms with E-state index in [9.17, 15) is 4.79 Å². The third kappa shape index (κ3) is 5.34. The largest absolute Gasteiger partial charge is 0.488 e. The summed E-state index contributed by atoms with van der Waals surface area (Å²) in [4.78, 5) is 13.0. The lowest BCUT2D eigenvalue weighted by molar-refractivity contribution is 0.101. The Balaban J connectivity index is 1.47. The minimum atomic E-state index is -0.410. The lowest BCUT2D eigenvalue weighted by atomic mass is 10.1. The Morgan fingerprint density at radius 1 is 1.09 bits per heavy atom. The summed E-state index contributed by atoms with van der Waals surface area (Å²) < 4.78 is 13.7. The SMILES string of the molecule is Cc1ccc(Cn2cc(Br)c(NC(=O)c3noc(C)c3COc3cc(C)ccc3C)n2)cc1. The standard InChI is InChI=1S/C25H25BrN4O3/c1-15-6-9-19(10-7-15)12-30-13-21(26)24(28-30)27-25(31)23-20(18(4)33-29-23)14-32-22-11-16(2)5-8-17(22)3/h5-11,13H,12,14H2,1-4H3,(H,27,28,31). The predicted molar refractivity (Wildman–Crippen MR) is 130 cm³/mol. The first-order valence-corrected chi connectivity index (χ1v) is 11.3. The van der Waals surface area contributed by atoms with Crippen molar-refractivity contribution < 1.29 is 14.1 Å². The number of carbonyl (C=O) groups is 1. The summed E-state index contributed by atoms with van der Waals surface area (Å²) in [6, 6.07) is 14.2.